The Morgan fingerprint density at radius 3 is 2.69 bits per heavy atom. The van der Waals surface area contributed by atoms with E-state index in [1.807, 2.05) is 0 Å². The quantitative estimate of drug-likeness (QED) is 0.590. The average Bonchev–Trinajstić information content (AvgIpc) is 2.19. The van der Waals surface area contributed by atoms with Crippen LogP contribution in [0, 0.1) is 0 Å². The van der Waals surface area contributed by atoms with Crippen LogP contribution >= 0.6 is 0 Å². The van der Waals surface area contributed by atoms with Crippen LogP contribution < -0.4 is 0 Å². The first-order valence-corrected chi connectivity index (χ1v) is 6.12. The topological polar surface area (TPSA) is 3.24 Å². The van der Waals surface area contributed by atoms with Crippen LogP contribution in [-0.4, -0.2) is 24.0 Å². The van der Waals surface area contributed by atoms with Crippen LogP contribution in [0.4, 0.5) is 0 Å². The number of hydrogen-bond donors (Lipinski definition) is 0. The Labute approximate surface area is 83.5 Å². The summed E-state index contributed by atoms with van der Waals surface area (Å²) in [4.78, 5) is 2.72. The SMILES string of the molecule is CCCCCN1CCCCC1CC. The van der Waals surface area contributed by atoms with E-state index in [4.69, 9.17) is 0 Å². The molecular weight excluding hydrogens is 158 g/mol. The molecule has 0 aromatic heterocycles. The zero-order chi connectivity index (χ0) is 9.52. The van der Waals surface area contributed by atoms with Gasteiger partial charge in [-0.1, -0.05) is 33.1 Å². The van der Waals surface area contributed by atoms with Gasteiger partial charge in [0.1, 0.15) is 0 Å². The highest BCUT2D eigenvalue weighted by atomic mass is 15.2. The van der Waals surface area contributed by atoms with Gasteiger partial charge in [0, 0.05) is 6.04 Å². The lowest BCUT2D eigenvalue weighted by atomic mass is 9.99. The van der Waals surface area contributed by atoms with Crippen molar-refractivity contribution in [3.63, 3.8) is 0 Å². The van der Waals surface area contributed by atoms with Gasteiger partial charge in [-0.15, -0.1) is 0 Å². The predicted molar refractivity (Wildman–Crippen MR) is 59.0 cm³/mol. The molecule has 1 saturated heterocycles. The van der Waals surface area contributed by atoms with E-state index in [1.165, 1.54) is 58.0 Å². The molecule has 0 radical (unpaired) electrons. The van der Waals surface area contributed by atoms with Gasteiger partial charge in [-0.05, 0) is 38.8 Å². The molecule has 1 heterocycles. The number of likely N-dealkylation sites (tertiary alicyclic amines) is 1. The van der Waals surface area contributed by atoms with E-state index >= 15 is 0 Å². The minimum atomic E-state index is 0.908. The van der Waals surface area contributed by atoms with E-state index in [0.717, 1.165) is 6.04 Å². The normalized spacial score (nSPS) is 24.9. The summed E-state index contributed by atoms with van der Waals surface area (Å²) in [5.41, 5.74) is 0. The van der Waals surface area contributed by atoms with Crippen molar-refractivity contribution < 1.29 is 0 Å². The first kappa shape index (κ1) is 11.0. The largest absolute Gasteiger partial charge is 0.300 e. The van der Waals surface area contributed by atoms with Crippen molar-refractivity contribution >= 4 is 0 Å². The van der Waals surface area contributed by atoms with Gasteiger partial charge in [-0.2, -0.15) is 0 Å². The molecule has 1 rings (SSSR count). The van der Waals surface area contributed by atoms with E-state index in [9.17, 15) is 0 Å². The average molecular weight is 183 g/mol. The van der Waals surface area contributed by atoms with Gasteiger partial charge >= 0.3 is 0 Å². The standard InChI is InChI=1S/C12H25N/c1-3-5-7-10-13-11-8-6-9-12(13)4-2/h12H,3-11H2,1-2H3. The third-order valence-electron chi connectivity index (χ3n) is 3.27. The van der Waals surface area contributed by atoms with E-state index in [2.05, 4.69) is 18.7 Å². The summed E-state index contributed by atoms with van der Waals surface area (Å²) in [5.74, 6) is 0. The molecule has 0 N–H and O–H groups in total. The second-order valence-corrected chi connectivity index (χ2v) is 4.30. The fourth-order valence-electron chi connectivity index (χ4n) is 2.38. The molecule has 0 saturated carbocycles. The second-order valence-electron chi connectivity index (χ2n) is 4.30. The highest BCUT2D eigenvalue weighted by molar-refractivity contribution is 4.75. The van der Waals surface area contributed by atoms with E-state index in [0.29, 0.717) is 0 Å². The molecule has 0 amide bonds. The molecular formula is C12H25N. The molecule has 1 aliphatic rings. The summed E-state index contributed by atoms with van der Waals surface area (Å²) in [6.07, 6.45) is 9.87. The van der Waals surface area contributed by atoms with Gasteiger partial charge < -0.3 is 4.90 Å². The minimum Gasteiger partial charge on any atom is -0.300 e. The maximum Gasteiger partial charge on any atom is 0.00926 e. The highest BCUT2D eigenvalue weighted by Gasteiger charge is 2.19. The van der Waals surface area contributed by atoms with Crippen LogP contribution in [0.25, 0.3) is 0 Å². The molecule has 1 aliphatic heterocycles. The maximum atomic E-state index is 2.72. The minimum absolute atomic E-state index is 0.908. The van der Waals surface area contributed by atoms with E-state index in [1.54, 1.807) is 0 Å². The Kier molecular flexibility index (Phi) is 5.45. The van der Waals surface area contributed by atoms with Gasteiger partial charge in [0.05, 0.1) is 0 Å². The van der Waals surface area contributed by atoms with Crippen molar-refractivity contribution in [2.24, 2.45) is 0 Å². The Balaban J connectivity index is 2.19. The van der Waals surface area contributed by atoms with Crippen LogP contribution in [-0.2, 0) is 0 Å². The first-order valence-electron chi connectivity index (χ1n) is 6.12. The lowest BCUT2D eigenvalue weighted by Crippen LogP contribution is -2.39. The number of hydrogen-bond acceptors (Lipinski definition) is 1. The summed E-state index contributed by atoms with van der Waals surface area (Å²) in [5, 5.41) is 0. The van der Waals surface area contributed by atoms with Crippen molar-refractivity contribution in [3.8, 4) is 0 Å². The third-order valence-corrected chi connectivity index (χ3v) is 3.27. The summed E-state index contributed by atoms with van der Waals surface area (Å²) >= 11 is 0. The summed E-state index contributed by atoms with van der Waals surface area (Å²) < 4.78 is 0. The van der Waals surface area contributed by atoms with Gasteiger partial charge in [0.2, 0.25) is 0 Å². The summed E-state index contributed by atoms with van der Waals surface area (Å²) in [6.45, 7) is 7.34. The Morgan fingerprint density at radius 1 is 1.15 bits per heavy atom. The molecule has 1 atom stereocenters. The maximum absolute atomic E-state index is 2.72. The van der Waals surface area contributed by atoms with E-state index < -0.39 is 0 Å². The number of piperidine rings is 1. The van der Waals surface area contributed by atoms with Crippen LogP contribution in [0.1, 0.15) is 58.8 Å². The Bertz CT molecular complexity index is 122. The fraction of sp³-hybridized carbons (Fsp3) is 1.00. The monoisotopic (exact) mass is 183 g/mol. The Morgan fingerprint density at radius 2 is 2.00 bits per heavy atom. The van der Waals surface area contributed by atoms with Crippen molar-refractivity contribution in [2.75, 3.05) is 13.1 Å². The molecule has 1 fully saturated rings. The van der Waals surface area contributed by atoms with Crippen LogP contribution in [0.5, 0.6) is 0 Å². The Hall–Kier alpha value is -0.0400. The molecule has 13 heavy (non-hydrogen) atoms. The molecule has 0 bridgehead atoms. The molecule has 0 aliphatic carbocycles. The van der Waals surface area contributed by atoms with E-state index in [-0.39, 0.29) is 0 Å². The highest BCUT2D eigenvalue weighted by Crippen LogP contribution is 2.19. The first-order chi connectivity index (χ1) is 6.38. The predicted octanol–water partition coefficient (Wildman–Crippen LogP) is 3.44. The van der Waals surface area contributed by atoms with Crippen LogP contribution in [0.2, 0.25) is 0 Å². The van der Waals surface area contributed by atoms with Crippen molar-refractivity contribution in [2.45, 2.75) is 64.8 Å². The molecule has 0 spiro atoms. The smallest absolute Gasteiger partial charge is 0.00926 e. The molecule has 1 nitrogen and oxygen atoms in total. The van der Waals surface area contributed by atoms with Crippen molar-refractivity contribution in [1.29, 1.82) is 0 Å². The summed E-state index contributed by atoms with van der Waals surface area (Å²) in [7, 11) is 0. The lowest BCUT2D eigenvalue weighted by Gasteiger charge is -2.35. The lowest BCUT2D eigenvalue weighted by molar-refractivity contribution is 0.141. The van der Waals surface area contributed by atoms with Gasteiger partial charge in [0.15, 0.2) is 0 Å². The molecule has 0 aromatic rings. The zero-order valence-electron chi connectivity index (χ0n) is 9.39. The van der Waals surface area contributed by atoms with Crippen molar-refractivity contribution in [3.05, 3.63) is 0 Å². The van der Waals surface area contributed by atoms with Gasteiger partial charge in [0.25, 0.3) is 0 Å². The number of rotatable bonds is 5. The second kappa shape index (κ2) is 6.42. The van der Waals surface area contributed by atoms with Crippen LogP contribution in [0.3, 0.4) is 0 Å². The molecule has 78 valence electrons. The van der Waals surface area contributed by atoms with Gasteiger partial charge in [-0.3, -0.25) is 0 Å². The van der Waals surface area contributed by atoms with Gasteiger partial charge in [-0.25, -0.2) is 0 Å². The number of unbranched alkanes of at least 4 members (excludes halogenated alkanes) is 2. The molecule has 1 unspecified atom stereocenters. The third kappa shape index (κ3) is 3.68. The summed E-state index contributed by atoms with van der Waals surface area (Å²) in [6, 6.07) is 0.908. The van der Waals surface area contributed by atoms with Crippen LogP contribution in [0.15, 0.2) is 0 Å². The fourth-order valence-corrected chi connectivity index (χ4v) is 2.38. The number of nitrogens with zero attached hydrogens (tertiary/aromatic N) is 1. The molecule has 1 heteroatoms. The zero-order valence-corrected chi connectivity index (χ0v) is 9.39. The van der Waals surface area contributed by atoms with Crippen molar-refractivity contribution in [1.82, 2.24) is 4.90 Å². The molecule has 0 aromatic carbocycles.